The zero-order valence-corrected chi connectivity index (χ0v) is 18.7. The number of phenols is 4. The first kappa shape index (κ1) is 23.8. The normalized spacial score (nSPS) is 14.1. The van der Waals surface area contributed by atoms with E-state index in [2.05, 4.69) is 0 Å². The first-order valence-corrected chi connectivity index (χ1v) is 10.9. The molecule has 1 heterocycles. The van der Waals surface area contributed by atoms with Crippen molar-refractivity contribution in [3.05, 3.63) is 119 Å². The van der Waals surface area contributed by atoms with Crippen LogP contribution in [0.2, 0.25) is 0 Å². The van der Waals surface area contributed by atoms with Gasteiger partial charge in [-0.2, -0.15) is 0 Å². The van der Waals surface area contributed by atoms with Crippen LogP contribution in [0.4, 0.5) is 0 Å². The molecule has 0 aromatic heterocycles. The van der Waals surface area contributed by atoms with Crippen molar-refractivity contribution in [2.24, 2.45) is 0 Å². The first-order chi connectivity index (χ1) is 16.9. The second kappa shape index (κ2) is 10.3. The topological polar surface area (TPSA) is 116 Å². The van der Waals surface area contributed by atoms with E-state index in [0.29, 0.717) is 24.3 Å². The monoisotopic (exact) mass is 472 g/mol. The van der Waals surface area contributed by atoms with Crippen LogP contribution in [0.3, 0.4) is 0 Å². The summed E-state index contributed by atoms with van der Waals surface area (Å²) in [4.78, 5) is 11.9. The van der Waals surface area contributed by atoms with E-state index in [1.165, 1.54) is 24.3 Å². The Morgan fingerprint density at radius 3 is 1.11 bits per heavy atom. The molecular weight excluding hydrogens is 448 g/mol. The van der Waals surface area contributed by atoms with Crippen molar-refractivity contribution >= 4 is 5.78 Å². The largest absolute Gasteiger partial charge is 0.508 e. The molecule has 4 aromatic rings. The van der Waals surface area contributed by atoms with Crippen LogP contribution in [0.15, 0.2) is 97.1 Å². The number of carbonyl (C=O) groups excluding carboxylic acids is 1. The van der Waals surface area contributed by atoms with E-state index in [4.69, 9.17) is 19.7 Å². The van der Waals surface area contributed by atoms with Gasteiger partial charge in [-0.05, 0) is 97.1 Å². The van der Waals surface area contributed by atoms with Crippen LogP contribution in [0.5, 0.6) is 23.0 Å². The summed E-state index contributed by atoms with van der Waals surface area (Å²) >= 11 is 0. The SMILES string of the molecule is O=C(c1ccc(O)cc1)c1ccc(O)cc1.Oc1ccc(C2(c3ccc(O)cc3)OCCO2)cc1. The summed E-state index contributed by atoms with van der Waals surface area (Å²) in [6, 6.07) is 25.6. The Kier molecular flexibility index (Phi) is 7.01. The molecule has 0 amide bonds. The fourth-order valence-corrected chi connectivity index (χ4v) is 3.67. The predicted octanol–water partition coefficient (Wildman–Crippen LogP) is 4.67. The molecule has 7 nitrogen and oxygen atoms in total. The highest BCUT2D eigenvalue weighted by Gasteiger charge is 2.40. The van der Waals surface area contributed by atoms with Gasteiger partial charge in [0.05, 0.1) is 13.2 Å². The van der Waals surface area contributed by atoms with Crippen molar-refractivity contribution in [2.45, 2.75) is 5.79 Å². The zero-order valence-electron chi connectivity index (χ0n) is 18.7. The Balaban J connectivity index is 0.000000168. The van der Waals surface area contributed by atoms with Crippen LogP contribution in [-0.4, -0.2) is 39.4 Å². The quantitative estimate of drug-likeness (QED) is 0.319. The van der Waals surface area contributed by atoms with Gasteiger partial charge in [-0.15, -0.1) is 0 Å². The van der Waals surface area contributed by atoms with Gasteiger partial charge in [0.1, 0.15) is 23.0 Å². The molecule has 1 aliphatic heterocycles. The van der Waals surface area contributed by atoms with Crippen molar-refractivity contribution in [1.29, 1.82) is 0 Å². The maximum Gasteiger partial charge on any atom is 0.222 e. The van der Waals surface area contributed by atoms with Crippen molar-refractivity contribution in [3.63, 3.8) is 0 Å². The molecule has 4 aromatic carbocycles. The summed E-state index contributed by atoms with van der Waals surface area (Å²) in [7, 11) is 0. The van der Waals surface area contributed by atoms with Gasteiger partial charge in [0, 0.05) is 22.3 Å². The molecule has 7 heteroatoms. The third-order valence-corrected chi connectivity index (χ3v) is 5.45. The third kappa shape index (κ3) is 5.43. The van der Waals surface area contributed by atoms with Gasteiger partial charge >= 0.3 is 0 Å². The summed E-state index contributed by atoms with van der Waals surface area (Å²) in [5.41, 5.74) is 2.63. The number of ketones is 1. The maximum atomic E-state index is 11.9. The van der Waals surface area contributed by atoms with Gasteiger partial charge in [-0.1, -0.05) is 0 Å². The van der Waals surface area contributed by atoms with E-state index in [0.717, 1.165) is 11.1 Å². The molecule has 0 atom stereocenters. The highest BCUT2D eigenvalue weighted by molar-refractivity contribution is 6.09. The minimum absolute atomic E-state index is 0.127. The highest BCUT2D eigenvalue weighted by atomic mass is 16.7. The molecule has 5 rings (SSSR count). The lowest BCUT2D eigenvalue weighted by Gasteiger charge is -2.28. The van der Waals surface area contributed by atoms with Crippen LogP contribution >= 0.6 is 0 Å². The molecule has 1 aliphatic rings. The Morgan fingerprint density at radius 1 is 0.514 bits per heavy atom. The van der Waals surface area contributed by atoms with Gasteiger partial charge in [-0.3, -0.25) is 4.79 Å². The molecule has 35 heavy (non-hydrogen) atoms. The van der Waals surface area contributed by atoms with Crippen LogP contribution in [0, 0.1) is 0 Å². The summed E-state index contributed by atoms with van der Waals surface area (Å²) in [5, 5.41) is 37.0. The standard InChI is InChI=1S/C15H14O4.C13H10O3/c16-13-5-1-11(2-6-13)15(18-9-10-19-15)12-3-7-14(17)8-4-12;14-11-5-1-9(2-6-11)13(16)10-3-7-12(15)8-4-10/h1-8,16-17H,9-10H2;1-8,14-15H. The van der Waals surface area contributed by atoms with E-state index in [-0.39, 0.29) is 28.8 Å². The molecular formula is C28H24O7. The number of rotatable bonds is 4. The molecule has 1 saturated heterocycles. The Labute approximate surface area is 202 Å². The Bertz CT molecular complexity index is 1160. The molecule has 0 bridgehead atoms. The van der Waals surface area contributed by atoms with Gasteiger partial charge in [0.2, 0.25) is 5.79 Å². The third-order valence-electron chi connectivity index (χ3n) is 5.45. The van der Waals surface area contributed by atoms with Crippen molar-refractivity contribution in [1.82, 2.24) is 0 Å². The average Bonchev–Trinajstić information content (AvgIpc) is 3.37. The van der Waals surface area contributed by atoms with E-state index in [9.17, 15) is 15.0 Å². The van der Waals surface area contributed by atoms with E-state index in [1.54, 1.807) is 72.8 Å². The molecule has 1 fully saturated rings. The van der Waals surface area contributed by atoms with Crippen LogP contribution in [-0.2, 0) is 15.3 Å². The predicted molar refractivity (Wildman–Crippen MR) is 129 cm³/mol. The summed E-state index contributed by atoms with van der Waals surface area (Å²) in [5.74, 6) is -0.448. The van der Waals surface area contributed by atoms with E-state index in [1.807, 2.05) is 0 Å². The second-order valence-electron chi connectivity index (χ2n) is 7.83. The fraction of sp³-hybridized carbons (Fsp3) is 0.107. The minimum atomic E-state index is -0.957. The second-order valence-corrected chi connectivity index (χ2v) is 7.83. The average molecular weight is 472 g/mol. The van der Waals surface area contributed by atoms with E-state index < -0.39 is 5.79 Å². The molecule has 178 valence electrons. The number of aromatic hydroxyl groups is 4. The van der Waals surface area contributed by atoms with E-state index >= 15 is 0 Å². The lowest BCUT2D eigenvalue weighted by molar-refractivity contribution is -0.129. The fourth-order valence-electron chi connectivity index (χ4n) is 3.67. The summed E-state index contributed by atoms with van der Waals surface area (Å²) in [6.07, 6.45) is 0. The lowest BCUT2D eigenvalue weighted by Crippen LogP contribution is -2.28. The van der Waals surface area contributed by atoms with Crippen LogP contribution in [0.25, 0.3) is 0 Å². The molecule has 0 saturated carbocycles. The zero-order chi connectivity index (χ0) is 24.8. The summed E-state index contributed by atoms with van der Waals surface area (Å²) in [6.45, 7) is 1.00. The number of hydrogen-bond donors (Lipinski definition) is 4. The minimum Gasteiger partial charge on any atom is -0.508 e. The number of phenolic OH excluding ortho intramolecular Hbond substituents is 4. The first-order valence-electron chi connectivity index (χ1n) is 10.9. The van der Waals surface area contributed by atoms with Crippen molar-refractivity contribution in [2.75, 3.05) is 13.2 Å². The van der Waals surface area contributed by atoms with Gasteiger partial charge in [0.25, 0.3) is 0 Å². The van der Waals surface area contributed by atoms with Crippen LogP contribution in [0.1, 0.15) is 27.0 Å². The molecule has 0 aliphatic carbocycles. The molecule has 0 radical (unpaired) electrons. The van der Waals surface area contributed by atoms with Gasteiger partial charge < -0.3 is 29.9 Å². The molecule has 0 unspecified atom stereocenters. The number of carbonyl (C=O) groups is 1. The Morgan fingerprint density at radius 2 is 0.800 bits per heavy atom. The Hall–Kier alpha value is -4.33. The van der Waals surface area contributed by atoms with Crippen molar-refractivity contribution < 1.29 is 34.7 Å². The number of ether oxygens (including phenoxy) is 2. The highest BCUT2D eigenvalue weighted by Crippen LogP contribution is 2.39. The van der Waals surface area contributed by atoms with Crippen LogP contribution < -0.4 is 0 Å². The number of hydrogen-bond acceptors (Lipinski definition) is 7. The molecule has 4 N–H and O–H groups in total. The van der Waals surface area contributed by atoms with Crippen molar-refractivity contribution in [3.8, 4) is 23.0 Å². The smallest absolute Gasteiger partial charge is 0.222 e. The lowest BCUT2D eigenvalue weighted by atomic mass is 9.97. The molecule has 0 spiro atoms. The number of benzene rings is 4. The van der Waals surface area contributed by atoms with Gasteiger partial charge in [0.15, 0.2) is 5.78 Å². The van der Waals surface area contributed by atoms with Gasteiger partial charge in [-0.25, -0.2) is 0 Å². The maximum absolute atomic E-state index is 11.9. The summed E-state index contributed by atoms with van der Waals surface area (Å²) < 4.78 is 11.6.